The third-order valence-electron chi connectivity index (χ3n) is 8.88. The van der Waals surface area contributed by atoms with Crippen molar-refractivity contribution in [2.45, 2.75) is 36.8 Å². The van der Waals surface area contributed by atoms with Crippen molar-refractivity contribution in [2.75, 3.05) is 51.3 Å². The number of anilines is 1. The molecule has 0 aliphatic carbocycles. The molecule has 3 atom stereocenters. The first-order valence-electron chi connectivity index (χ1n) is 16.0. The number of oxime groups is 1. The minimum atomic E-state index is -1.81. The highest BCUT2D eigenvalue weighted by atomic mass is 35.5. The minimum Gasteiger partial charge on any atom is -0.504 e. The van der Waals surface area contributed by atoms with Crippen LogP contribution in [-0.4, -0.2) is 134 Å². The number of ether oxygens (including phenoxy) is 1. The highest BCUT2D eigenvalue weighted by Gasteiger charge is 2.55. The number of aromatic hydroxyl groups is 2. The van der Waals surface area contributed by atoms with Crippen LogP contribution >= 0.6 is 34.7 Å². The lowest BCUT2D eigenvalue weighted by Gasteiger charge is -2.50. The van der Waals surface area contributed by atoms with Gasteiger partial charge in [-0.05, 0) is 12.1 Å². The maximum atomic E-state index is 13.6. The van der Waals surface area contributed by atoms with E-state index in [1.165, 1.54) is 35.2 Å². The van der Waals surface area contributed by atoms with Gasteiger partial charge in [-0.25, -0.2) is 14.6 Å². The zero-order valence-corrected chi connectivity index (χ0v) is 30.5. The molecule has 4 heterocycles. The number of nitrogens with two attached hydrogens (primary N) is 2. The second kappa shape index (κ2) is 16.3. The van der Waals surface area contributed by atoms with Crippen LogP contribution in [0.2, 0.25) is 5.02 Å². The van der Waals surface area contributed by atoms with Crippen LogP contribution in [0.3, 0.4) is 0 Å². The lowest BCUT2D eigenvalue weighted by Crippen LogP contribution is -2.71. The van der Waals surface area contributed by atoms with E-state index in [1.54, 1.807) is 0 Å². The van der Waals surface area contributed by atoms with Gasteiger partial charge >= 0.3 is 11.9 Å². The summed E-state index contributed by atoms with van der Waals surface area (Å²) < 4.78 is 5.59. The van der Waals surface area contributed by atoms with Crippen molar-refractivity contribution in [3.8, 4) is 11.5 Å². The molecule has 284 valence electrons. The Morgan fingerprint density at radius 3 is 2.55 bits per heavy atom. The average Bonchev–Trinajstić information content (AvgIpc) is 3.77. The van der Waals surface area contributed by atoms with Gasteiger partial charge in [0.15, 0.2) is 22.3 Å². The molecule has 53 heavy (non-hydrogen) atoms. The van der Waals surface area contributed by atoms with Crippen molar-refractivity contribution < 1.29 is 58.1 Å². The number of thiazole rings is 1. The maximum Gasteiger partial charge on any atom is 0.355 e. The summed E-state index contributed by atoms with van der Waals surface area (Å²) in [6.07, 6.45) is -0.751. The van der Waals surface area contributed by atoms with Crippen LogP contribution in [0.4, 0.5) is 5.13 Å². The third kappa shape index (κ3) is 8.42. The number of likely N-dealkylation sites (tertiary alicyclic amines) is 1. The standard InChI is InChI=1S/C31H35ClN8O11S2/c1-50-30(49)23-14(11-40(7-2-3-8-40)9-6-35-25(44)15-4-5-17(41)24(43)20(15)32)12-52-28-22(27(46)39(23)28)37-26(45)21(16-13-53-31(34)36-16)38-51-18(29(47)48)10-19(33)42/h4-5,13,18,22,28H,2-3,6-12H2,1H3,(H8-,33,34,35,36,37,38,41,42,43,44,45,47,48)/p+1/t18-,22+,28+/m0/s1. The van der Waals surface area contributed by atoms with Gasteiger partial charge in [0.25, 0.3) is 17.7 Å². The van der Waals surface area contributed by atoms with Gasteiger partial charge in [-0.1, -0.05) is 16.8 Å². The van der Waals surface area contributed by atoms with E-state index in [9.17, 15) is 44.1 Å². The number of aliphatic carboxylic acids is 1. The van der Waals surface area contributed by atoms with E-state index in [0.29, 0.717) is 28.9 Å². The van der Waals surface area contributed by atoms with Crippen molar-refractivity contribution >= 4 is 81.1 Å². The minimum absolute atomic E-state index is 0.00698. The van der Waals surface area contributed by atoms with E-state index in [4.69, 9.17) is 32.6 Å². The fourth-order valence-corrected chi connectivity index (χ4v) is 8.40. The number of nitrogen functional groups attached to an aromatic ring is 1. The van der Waals surface area contributed by atoms with Crippen molar-refractivity contribution in [1.29, 1.82) is 0 Å². The van der Waals surface area contributed by atoms with Crippen LogP contribution in [0.1, 0.15) is 35.3 Å². The average molecular weight is 796 g/mol. The number of primary amides is 1. The van der Waals surface area contributed by atoms with Gasteiger partial charge in [-0.15, -0.1) is 23.1 Å². The molecule has 3 aliphatic heterocycles. The topological polar surface area (TPSA) is 286 Å². The Labute approximate surface area is 314 Å². The highest BCUT2D eigenvalue weighted by molar-refractivity contribution is 8.00. The van der Waals surface area contributed by atoms with Crippen molar-refractivity contribution in [2.24, 2.45) is 10.9 Å². The molecule has 0 spiro atoms. The number of esters is 1. The number of methoxy groups -OCH3 is 1. The number of benzene rings is 1. The summed E-state index contributed by atoms with van der Waals surface area (Å²) >= 11 is 8.33. The Morgan fingerprint density at radius 2 is 1.92 bits per heavy atom. The van der Waals surface area contributed by atoms with Gasteiger partial charge in [0, 0.05) is 29.5 Å². The van der Waals surface area contributed by atoms with Crippen LogP contribution in [0.15, 0.2) is 33.9 Å². The Balaban J connectivity index is 1.31. The van der Waals surface area contributed by atoms with E-state index in [1.807, 2.05) is 0 Å². The van der Waals surface area contributed by atoms with E-state index in [-0.39, 0.29) is 33.7 Å². The van der Waals surface area contributed by atoms with Gasteiger partial charge in [-0.3, -0.25) is 24.1 Å². The molecule has 0 bridgehead atoms. The third-order valence-corrected chi connectivity index (χ3v) is 11.3. The quantitative estimate of drug-likeness (QED) is 0.0305. The second-order valence-electron chi connectivity index (χ2n) is 12.3. The number of rotatable bonds is 15. The Hall–Kier alpha value is -5.12. The molecule has 2 saturated heterocycles. The molecule has 5 rings (SSSR count). The molecule has 0 saturated carbocycles. The molecule has 4 amide bonds. The number of amides is 4. The van der Waals surface area contributed by atoms with E-state index in [0.717, 1.165) is 43.3 Å². The fourth-order valence-electron chi connectivity index (χ4n) is 6.27. The number of carbonyl (C=O) groups excluding carboxylic acids is 5. The molecular formula is C31H36ClN8O11S2+. The number of halogens is 1. The lowest BCUT2D eigenvalue weighted by atomic mass is 10.0. The molecule has 1 aromatic carbocycles. The first-order chi connectivity index (χ1) is 25.2. The van der Waals surface area contributed by atoms with Crippen molar-refractivity contribution in [3.05, 3.63) is 45.1 Å². The predicted molar refractivity (Wildman–Crippen MR) is 190 cm³/mol. The number of nitrogens with one attached hydrogen (secondary N) is 2. The summed E-state index contributed by atoms with van der Waals surface area (Å²) in [6, 6.07) is 1.33. The SMILES string of the molecule is COC(=O)C1=C(C[N+]2(CCNC(=O)c3ccc(O)c(O)c3Cl)CCCC2)CS[C@@H]2[C@H](NC(=O)/C(=N\O[C@@H](CC(N)=O)C(=O)O)c3csc(N)n3)C(=O)N12. The Morgan fingerprint density at radius 1 is 1.21 bits per heavy atom. The van der Waals surface area contributed by atoms with Gasteiger partial charge in [0.05, 0.1) is 50.3 Å². The second-order valence-corrected chi connectivity index (χ2v) is 14.7. The molecule has 2 aromatic rings. The number of hydrogen-bond acceptors (Lipinski definition) is 15. The summed E-state index contributed by atoms with van der Waals surface area (Å²) in [5, 5.41) is 38.4. The van der Waals surface area contributed by atoms with Crippen LogP contribution in [0.5, 0.6) is 11.5 Å². The first kappa shape index (κ1) is 39.1. The van der Waals surface area contributed by atoms with Crippen LogP contribution < -0.4 is 22.1 Å². The van der Waals surface area contributed by atoms with E-state index < -0.39 is 76.7 Å². The van der Waals surface area contributed by atoms with Gasteiger partial charge < -0.3 is 51.5 Å². The number of nitrogens with zero attached hydrogens (tertiary/aromatic N) is 4. The lowest BCUT2D eigenvalue weighted by molar-refractivity contribution is -0.911. The number of phenols is 2. The largest absolute Gasteiger partial charge is 0.504 e. The Bertz CT molecular complexity index is 1900. The number of quaternary nitrogens is 1. The normalized spacial score (nSPS) is 19.8. The van der Waals surface area contributed by atoms with Crippen LogP contribution in [-0.2, 0) is 33.5 Å². The fraction of sp³-hybridized carbons (Fsp3) is 0.419. The highest BCUT2D eigenvalue weighted by Crippen LogP contribution is 2.42. The number of hydrogen-bond donors (Lipinski definition) is 7. The smallest absolute Gasteiger partial charge is 0.355 e. The maximum absolute atomic E-state index is 13.6. The molecule has 2 fully saturated rings. The molecule has 9 N–H and O–H groups in total. The van der Waals surface area contributed by atoms with E-state index in [2.05, 4.69) is 20.8 Å². The molecule has 0 unspecified atom stereocenters. The number of carbonyl (C=O) groups is 6. The van der Waals surface area contributed by atoms with Crippen molar-refractivity contribution in [3.63, 3.8) is 0 Å². The number of β-lactam (4-membered cyclic amide) rings is 1. The van der Waals surface area contributed by atoms with E-state index >= 15 is 0 Å². The predicted octanol–water partition coefficient (Wildman–Crippen LogP) is -0.293. The van der Waals surface area contributed by atoms with Crippen molar-refractivity contribution in [1.82, 2.24) is 20.5 Å². The molecular weight excluding hydrogens is 760 g/mol. The molecule has 3 aliphatic rings. The number of aromatic nitrogens is 1. The molecule has 0 radical (unpaired) electrons. The summed E-state index contributed by atoms with van der Waals surface area (Å²) in [5.74, 6) is -6.15. The number of phenolic OH excluding ortho intramolecular Hbond substituents is 2. The number of fused-ring (bicyclic) bond motifs is 1. The van der Waals surface area contributed by atoms with Gasteiger partial charge in [0.2, 0.25) is 12.0 Å². The zero-order chi connectivity index (χ0) is 38.6. The van der Waals surface area contributed by atoms with Crippen LogP contribution in [0, 0.1) is 0 Å². The summed E-state index contributed by atoms with van der Waals surface area (Å²) in [6.45, 7) is 2.54. The Kier molecular flexibility index (Phi) is 12.0. The number of thioether (sulfide) groups is 1. The van der Waals surface area contributed by atoms with Crippen LogP contribution in [0.25, 0.3) is 0 Å². The summed E-state index contributed by atoms with van der Waals surface area (Å²) in [7, 11) is 1.19. The summed E-state index contributed by atoms with van der Waals surface area (Å²) in [4.78, 5) is 86.3. The zero-order valence-electron chi connectivity index (χ0n) is 28.1. The summed E-state index contributed by atoms with van der Waals surface area (Å²) in [5.41, 5.74) is 10.9. The molecule has 1 aromatic heterocycles. The molecule has 22 heteroatoms. The van der Waals surface area contributed by atoms with Gasteiger partial charge in [-0.2, -0.15) is 0 Å². The first-order valence-corrected chi connectivity index (χ1v) is 18.3. The number of carboxylic acid groups (broad SMARTS) is 1. The number of carboxylic acids is 1. The van der Waals surface area contributed by atoms with Gasteiger partial charge in [0.1, 0.15) is 29.4 Å². The monoisotopic (exact) mass is 795 g/mol. The molecule has 19 nitrogen and oxygen atoms in total.